The fraction of sp³-hybridized carbons (Fsp3) is 0.214. The number of benzene rings is 1. The van der Waals surface area contributed by atoms with Crippen molar-refractivity contribution >= 4 is 5.78 Å². The van der Waals surface area contributed by atoms with Gasteiger partial charge in [0, 0.05) is 18.0 Å². The molecule has 1 aromatic heterocycles. The molecule has 2 rings (SSSR count). The van der Waals surface area contributed by atoms with E-state index in [0.717, 1.165) is 23.8 Å². The van der Waals surface area contributed by atoms with Gasteiger partial charge >= 0.3 is 6.18 Å². The number of aryl methyl sites for hydroxylation is 2. The number of carbonyl (C=O) groups is 1. The van der Waals surface area contributed by atoms with Gasteiger partial charge in [0.2, 0.25) is 11.6 Å². The van der Waals surface area contributed by atoms with E-state index in [2.05, 4.69) is 9.97 Å². The molecule has 0 radical (unpaired) electrons. The second-order valence-corrected chi connectivity index (χ2v) is 4.44. The number of alkyl halides is 3. The highest BCUT2D eigenvalue weighted by Gasteiger charge is 2.31. The van der Waals surface area contributed by atoms with Gasteiger partial charge in [0.15, 0.2) is 0 Å². The van der Waals surface area contributed by atoms with E-state index < -0.39 is 17.5 Å². The zero-order valence-corrected chi connectivity index (χ0v) is 10.8. The molecule has 0 saturated heterocycles. The van der Waals surface area contributed by atoms with Gasteiger partial charge in [0.25, 0.3) is 0 Å². The predicted molar refractivity (Wildman–Crippen MR) is 66.4 cm³/mol. The van der Waals surface area contributed by atoms with E-state index in [1.165, 1.54) is 19.3 Å². The molecule has 3 nitrogen and oxygen atoms in total. The van der Waals surface area contributed by atoms with Crippen LogP contribution in [0, 0.1) is 13.8 Å². The lowest BCUT2D eigenvalue weighted by molar-refractivity contribution is -0.137. The average molecular weight is 280 g/mol. The quantitative estimate of drug-likeness (QED) is 0.792. The minimum Gasteiger partial charge on any atom is -0.285 e. The summed E-state index contributed by atoms with van der Waals surface area (Å²) in [6.07, 6.45) is -1.45. The van der Waals surface area contributed by atoms with Gasteiger partial charge < -0.3 is 0 Å². The molecular weight excluding hydrogens is 269 g/mol. The summed E-state index contributed by atoms with van der Waals surface area (Å²) < 4.78 is 37.7. The fourth-order valence-electron chi connectivity index (χ4n) is 1.73. The number of rotatable bonds is 2. The number of nitrogens with zero attached hydrogens (tertiary/aromatic N) is 2. The molecule has 0 aliphatic rings. The van der Waals surface area contributed by atoms with Crippen molar-refractivity contribution in [3.63, 3.8) is 0 Å². The first-order valence-corrected chi connectivity index (χ1v) is 5.80. The molecule has 1 heterocycles. The summed E-state index contributed by atoms with van der Waals surface area (Å²) in [5.41, 5.74) is 0.429. The fourth-order valence-corrected chi connectivity index (χ4v) is 1.73. The van der Waals surface area contributed by atoms with E-state index in [4.69, 9.17) is 0 Å². The Balaban J connectivity index is 2.38. The van der Waals surface area contributed by atoms with Gasteiger partial charge in [-0.3, -0.25) is 4.79 Å². The van der Waals surface area contributed by atoms with Crippen LogP contribution in [0.5, 0.6) is 0 Å². The summed E-state index contributed by atoms with van der Waals surface area (Å²) in [6.45, 7) is 3.23. The minimum absolute atomic E-state index is 0.0292. The van der Waals surface area contributed by atoms with E-state index in [1.807, 2.05) is 0 Å². The maximum Gasteiger partial charge on any atom is 0.416 e. The van der Waals surface area contributed by atoms with Gasteiger partial charge in [0.05, 0.1) is 5.56 Å². The molecule has 20 heavy (non-hydrogen) atoms. The summed E-state index contributed by atoms with van der Waals surface area (Å²) >= 11 is 0. The summed E-state index contributed by atoms with van der Waals surface area (Å²) in [5, 5.41) is 0. The van der Waals surface area contributed by atoms with Crippen LogP contribution in [-0.2, 0) is 6.18 Å². The van der Waals surface area contributed by atoms with Crippen LogP contribution in [0.4, 0.5) is 13.2 Å². The summed E-state index contributed by atoms with van der Waals surface area (Å²) in [6, 6.07) is 2.99. The molecule has 0 saturated carbocycles. The van der Waals surface area contributed by atoms with Crippen molar-refractivity contribution in [1.29, 1.82) is 0 Å². The maximum absolute atomic E-state index is 12.6. The van der Waals surface area contributed by atoms with Gasteiger partial charge in [-0.1, -0.05) is 6.07 Å². The Morgan fingerprint density at radius 1 is 1.10 bits per heavy atom. The molecule has 1 aromatic carbocycles. The number of carbonyl (C=O) groups excluding carboxylic acids is 1. The topological polar surface area (TPSA) is 42.9 Å². The van der Waals surface area contributed by atoms with E-state index in [9.17, 15) is 18.0 Å². The third-order valence-electron chi connectivity index (χ3n) is 2.78. The Labute approximate surface area is 113 Å². The molecule has 0 N–H and O–H groups in total. The standard InChI is InChI=1S/C14H11F3N2O/c1-8-6-18-13(19-7-8)12(20)11-4-3-10(5-9(11)2)14(15,16)17/h3-7H,1-2H3. The molecule has 104 valence electrons. The zero-order chi connectivity index (χ0) is 14.9. The van der Waals surface area contributed by atoms with Crippen LogP contribution in [0.2, 0.25) is 0 Å². The first-order valence-electron chi connectivity index (χ1n) is 5.80. The van der Waals surface area contributed by atoms with Gasteiger partial charge in [-0.2, -0.15) is 13.2 Å². The van der Waals surface area contributed by atoms with Crippen molar-refractivity contribution < 1.29 is 18.0 Å². The van der Waals surface area contributed by atoms with E-state index in [1.54, 1.807) is 6.92 Å². The molecular formula is C14H11F3N2O. The minimum atomic E-state index is -4.42. The smallest absolute Gasteiger partial charge is 0.285 e. The molecule has 2 aromatic rings. The largest absolute Gasteiger partial charge is 0.416 e. The molecule has 0 amide bonds. The van der Waals surface area contributed by atoms with Gasteiger partial charge in [-0.15, -0.1) is 0 Å². The third-order valence-corrected chi connectivity index (χ3v) is 2.78. The van der Waals surface area contributed by atoms with Crippen LogP contribution < -0.4 is 0 Å². The molecule has 0 bridgehead atoms. The molecule has 6 heteroatoms. The first-order chi connectivity index (χ1) is 9.29. The molecule has 0 fully saturated rings. The number of aromatic nitrogens is 2. The Bertz CT molecular complexity index is 648. The lowest BCUT2D eigenvalue weighted by Crippen LogP contribution is -2.11. The van der Waals surface area contributed by atoms with E-state index in [-0.39, 0.29) is 17.0 Å². The third kappa shape index (κ3) is 2.84. The molecule has 0 atom stereocenters. The zero-order valence-electron chi connectivity index (χ0n) is 10.8. The predicted octanol–water partition coefficient (Wildman–Crippen LogP) is 3.34. The molecule has 0 spiro atoms. The number of hydrogen-bond acceptors (Lipinski definition) is 3. The maximum atomic E-state index is 12.6. The van der Waals surface area contributed by atoms with E-state index >= 15 is 0 Å². The summed E-state index contributed by atoms with van der Waals surface area (Å²) in [7, 11) is 0. The van der Waals surface area contributed by atoms with Gasteiger partial charge in [-0.05, 0) is 37.1 Å². The van der Waals surface area contributed by atoms with Crippen LogP contribution in [-0.4, -0.2) is 15.8 Å². The molecule has 0 aliphatic heterocycles. The van der Waals surface area contributed by atoms with Crippen molar-refractivity contribution in [3.8, 4) is 0 Å². The van der Waals surface area contributed by atoms with Crippen LogP contribution >= 0.6 is 0 Å². The van der Waals surface area contributed by atoms with Gasteiger partial charge in [-0.25, -0.2) is 9.97 Å². The first kappa shape index (κ1) is 14.2. The molecule has 0 unspecified atom stereocenters. The van der Waals surface area contributed by atoms with Crippen molar-refractivity contribution in [2.75, 3.05) is 0 Å². The van der Waals surface area contributed by atoms with Crippen LogP contribution in [0.15, 0.2) is 30.6 Å². The van der Waals surface area contributed by atoms with E-state index in [0.29, 0.717) is 0 Å². The Hall–Kier alpha value is -2.24. The van der Waals surface area contributed by atoms with Crippen LogP contribution in [0.3, 0.4) is 0 Å². The van der Waals surface area contributed by atoms with Crippen molar-refractivity contribution in [1.82, 2.24) is 9.97 Å². The van der Waals surface area contributed by atoms with Crippen LogP contribution in [0.25, 0.3) is 0 Å². The SMILES string of the molecule is Cc1cnc(C(=O)c2ccc(C(F)(F)F)cc2C)nc1. The summed E-state index contributed by atoms with van der Waals surface area (Å²) in [5.74, 6) is -0.519. The number of ketones is 1. The number of halogens is 3. The highest BCUT2D eigenvalue weighted by atomic mass is 19.4. The second kappa shape index (κ2) is 5.03. The Morgan fingerprint density at radius 2 is 1.70 bits per heavy atom. The van der Waals surface area contributed by atoms with Gasteiger partial charge in [0.1, 0.15) is 0 Å². The molecule has 0 aliphatic carbocycles. The second-order valence-electron chi connectivity index (χ2n) is 4.44. The monoisotopic (exact) mass is 280 g/mol. The highest BCUT2D eigenvalue weighted by molar-refractivity contribution is 6.07. The lowest BCUT2D eigenvalue weighted by atomic mass is 10.0. The highest BCUT2D eigenvalue weighted by Crippen LogP contribution is 2.30. The Morgan fingerprint density at radius 3 is 2.20 bits per heavy atom. The van der Waals surface area contributed by atoms with Crippen molar-refractivity contribution in [2.45, 2.75) is 20.0 Å². The normalized spacial score (nSPS) is 11.4. The number of hydrogen-bond donors (Lipinski definition) is 0. The van der Waals surface area contributed by atoms with Crippen LogP contribution in [0.1, 0.15) is 32.9 Å². The average Bonchev–Trinajstić information content (AvgIpc) is 2.37. The lowest BCUT2D eigenvalue weighted by Gasteiger charge is -2.10. The Kier molecular flexibility index (Phi) is 3.57. The van der Waals surface area contributed by atoms with Crippen molar-refractivity contribution in [2.24, 2.45) is 0 Å². The van der Waals surface area contributed by atoms with Crippen molar-refractivity contribution in [3.05, 3.63) is 58.7 Å². The summed E-state index contributed by atoms with van der Waals surface area (Å²) in [4.78, 5) is 19.9.